The summed E-state index contributed by atoms with van der Waals surface area (Å²) in [7, 11) is 1.61. The van der Waals surface area contributed by atoms with E-state index in [1.807, 2.05) is 42.5 Å². The van der Waals surface area contributed by atoms with E-state index in [4.69, 9.17) is 20.0 Å². The zero-order valence-electron chi connectivity index (χ0n) is 19.1. The number of methoxy groups -OCH3 is 1. The third kappa shape index (κ3) is 4.12. The van der Waals surface area contributed by atoms with Crippen molar-refractivity contribution in [1.29, 1.82) is 0 Å². The average molecular weight is 501 g/mol. The third-order valence-electron chi connectivity index (χ3n) is 5.66. The number of imidazole rings is 1. The highest BCUT2D eigenvalue weighted by molar-refractivity contribution is 7.89. The second kappa shape index (κ2) is 8.98. The predicted octanol–water partition coefficient (Wildman–Crippen LogP) is 3.36. The first-order chi connectivity index (χ1) is 17.6. The van der Waals surface area contributed by atoms with Crippen molar-refractivity contribution in [3.8, 4) is 28.5 Å². The van der Waals surface area contributed by atoms with Crippen molar-refractivity contribution in [2.24, 2.45) is 0 Å². The van der Waals surface area contributed by atoms with Gasteiger partial charge in [0, 0.05) is 16.5 Å². The van der Waals surface area contributed by atoms with Crippen LogP contribution in [0.2, 0.25) is 0 Å². The number of aromatic nitrogens is 7. The van der Waals surface area contributed by atoms with Crippen molar-refractivity contribution in [2.75, 3.05) is 12.8 Å². The highest BCUT2D eigenvalue weighted by atomic mass is 32.2. The van der Waals surface area contributed by atoms with Crippen LogP contribution in [-0.2, 0) is 22.7 Å². The maximum Gasteiger partial charge on any atom is 0.276 e. The quantitative estimate of drug-likeness (QED) is 0.314. The van der Waals surface area contributed by atoms with Crippen LogP contribution in [0.15, 0.2) is 65.3 Å². The van der Waals surface area contributed by atoms with Gasteiger partial charge in [-0.15, -0.1) is 5.10 Å². The first-order valence-corrected chi connectivity index (χ1v) is 12.5. The van der Waals surface area contributed by atoms with Gasteiger partial charge in [-0.25, -0.2) is 9.50 Å². The Balaban J connectivity index is 1.33. The summed E-state index contributed by atoms with van der Waals surface area (Å²) >= 11 is -1.25. The Morgan fingerprint density at radius 3 is 2.78 bits per heavy atom. The molecule has 6 rings (SSSR count). The summed E-state index contributed by atoms with van der Waals surface area (Å²) < 4.78 is 25.0. The molecule has 1 unspecified atom stereocenters. The summed E-state index contributed by atoms with van der Waals surface area (Å²) in [5, 5.41) is 16.5. The lowest BCUT2D eigenvalue weighted by Crippen LogP contribution is -2.08. The second-order valence-corrected chi connectivity index (χ2v) is 9.55. The number of fused-ring (bicyclic) bond motifs is 2. The molecule has 0 saturated carbocycles. The van der Waals surface area contributed by atoms with Gasteiger partial charge in [-0.2, -0.15) is 10.1 Å². The summed E-state index contributed by atoms with van der Waals surface area (Å²) in [6, 6.07) is 16.7. The highest BCUT2D eigenvalue weighted by Crippen LogP contribution is 2.32. The van der Waals surface area contributed by atoms with Crippen molar-refractivity contribution in [2.45, 2.75) is 11.5 Å². The van der Waals surface area contributed by atoms with Gasteiger partial charge in [-0.05, 0) is 47.6 Å². The molecule has 0 aliphatic rings. The van der Waals surface area contributed by atoms with Gasteiger partial charge in [0.1, 0.15) is 28.7 Å². The normalized spacial score (nSPS) is 12.4. The Morgan fingerprint density at radius 2 is 1.94 bits per heavy atom. The molecule has 4 heterocycles. The Kier molecular flexibility index (Phi) is 5.51. The molecule has 0 aliphatic heterocycles. The summed E-state index contributed by atoms with van der Waals surface area (Å²) in [6.45, 7) is 0. The maximum atomic E-state index is 12.8. The van der Waals surface area contributed by atoms with Gasteiger partial charge in [0.25, 0.3) is 5.89 Å². The number of hydrogen-bond donors (Lipinski definition) is 2. The summed E-state index contributed by atoms with van der Waals surface area (Å²) in [6.07, 6.45) is 1.75. The number of nitrogen functional groups attached to an aromatic ring is 1. The minimum atomic E-state index is -1.25. The monoisotopic (exact) mass is 500 g/mol. The van der Waals surface area contributed by atoms with E-state index in [9.17, 15) is 4.55 Å². The molecule has 1 atom stereocenters. The van der Waals surface area contributed by atoms with Crippen LogP contribution in [0.4, 0.5) is 5.82 Å². The SMILES string of the molecule is COc1ccc(C[S+]([O-])Cc2nc(-c3c(-c4ccc5[nH]ncc5c4)nc4ccc(N)nn34)no2)cc1. The summed E-state index contributed by atoms with van der Waals surface area (Å²) in [5.74, 6) is 2.07. The number of rotatable bonds is 7. The molecule has 180 valence electrons. The third-order valence-corrected chi connectivity index (χ3v) is 6.89. The van der Waals surface area contributed by atoms with E-state index < -0.39 is 11.2 Å². The number of hydrogen-bond acceptors (Lipinski definition) is 9. The van der Waals surface area contributed by atoms with Gasteiger partial charge >= 0.3 is 0 Å². The number of nitrogens with one attached hydrogen (secondary N) is 1. The summed E-state index contributed by atoms with van der Waals surface area (Å²) in [5.41, 5.74) is 10.3. The van der Waals surface area contributed by atoms with Crippen molar-refractivity contribution < 1.29 is 13.8 Å². The van der Waals surface area contributed by atoms with E-state index in [1.54, 1.807) is 30.0 Å². The first-order valence-electron chi connectivity index (χ1n) is 11.0. The van der Waals surface area contributed by atoms with Crippen LogP contribution >= 0.6 is 0 Å². The number of aromatic amines is 1. The van der Waals surface area contributed by atoms with E-state index in [0.717, 1.165) is 27.8 Å². The fraction of sp³-hybridized carbons (Fsp3) is 0.125. The van der Waals surface area contributed by atoms with Crippen LogP contribution in [0, 0.1) is 0 Å². The molecule has 4 aromatic heterocycles. The van der Waals surface area contributed by atoms with Gasteiger partial charge in [-0.3, -0.25) is 5.10 Å². The fourth-order valence-electron chi connectivity index (χ4n) is 3.95. The van der Waals surface area contributed by atoms with Crippen LogP contribution in [0.5, 0.6) is 5.75 Å². The van der Waals surface area contributed by atoms with E-state index in [-0.39, 0.29) is 17.5 Å². The van der Waals surface area contributed by atoms with Crippen LogP contribution in [0.1, 0.15) is 11.5 Å². The Labute approximate surface area is 207 Å². The fourth-order valence-corrected chi connectivity index (χ4v) is 5.00. The molecule has 0 fully saturated rings. The summed E-state index contributed by atoms with van der Waals surface area (Å²) in [4.78, 5) is 9.28. The molecule has 0 amide bonds. The molecule has 6 aromatic rings. The van der Waals surface area contributed by atoms with Gasteiger partial charge in [0.15, 0.2) is 11.4 Å². The van der Waals surface area contributed by atoms with Crippen LogP contribution in [0.25, 0.3) is 39.3 Å². The molecular weight excluding hydrogens is 480 g/mol. The maximum absolute atomic E-state index is 12.8. The van der Waals surface area contributed by atoms with Crippen molar-refractivity contribution in [1.82, 2.24) is 34.9 Å². The van der Waals surface area contributed by atoms with E-state index in [1.165, 1.54) is 0 Å². The zero-order valence-corrected chi connectivity index (χ0v) is 19.9. The standard InChI is InChI=1S/C24H20N8O3S/c1-34-17-5-2-14(3-6-17)12-36(33)13-21-28-24(31-35-21)23-22(27-20-9-8-19(25)30-32(20)23)15-4-7-18-16(10-15)11-26-29-18/h2-11H,12-13H2,1H3,(H2,25,30)(H,26,29). The lowest BCUT2D eigenvalue weighted by molar-refractivity contribution is 0.389. The van der Waals surface area contributed by atoms with Crippen LogP contribution < -0.4 is 10.5 Å². The lowest BCUT2D eigenvalue weighted by atomic mass is 10.1. The molecule has 0 bridgehead atoms. The van der Waals surface area contributed by atoms with Gasteiger partial charge < -0.3 is 19.5 Å². The Hall–Kier alpha value is -4.42. The van der Waals surface area contributed by atoms with E-state index >= 15 is 0 Å². The van der Waals surface area contributed by atoms with Gasteiger partial charge in [0.2, 0.25) is 5.82 Å². The van der Waals surface area contributed by atoms with Crippen LogP contribution in [-0.4, -0.2) is 46.6 Å². The zero-order chi connectivity index (χ0) is 24.6. The molecular formula is C24H20N8O3S. The van der Waals surface area contributed by atoms with Crippen molar-refractivity contribution in [3.05, 3.63) is 72.2 Å². The minimum Gasteiger partial charge on any atom is -0.616 e. The van der Waals surface area contributed by atoms with E-state index in [2.05, 4.69) is 25.4 Å². The molecule has 12 heteroatoms. The number of nitrogens with zero attached hydrogens (tertiary/aromatic N) is 6. The highest BCUT2D eigenvalue weighted by Gasteiger charge is 2.24. The number of ether oxygens (including phenoxy) is 1. The molecule has 0 aliphatic carbocycles. The predicted molar refractivity (Wildman–Crippen MR) is 134 cm³/mol. The second-order valence-electron chi connectivity index (χ2n) is 8.10. The number of nitrogens with two attached hydrogens (primary N) is 1. The Bertz CT molecular complexity index is 1670. The minimum absolute atomic E-state index is 0.113. The van der Waals surface area contributed by atoms with Gasteiger partial charge in [-0.1, -0.05) is 23.4 Å². The topological polar surface area (TPSA) is 156 Å². The first kappa shape index (κ1) is 22.1. The van der Waals surface area contributed by atoms with Gasteiger partial charge in [0.05, 0.1) is 18.8 Å². The molecule has 3 N–H and O–H groups in total. The van der Waals surface area contributed by atoms with Crippen molar-refractivity contribution in [3.63, 3.8) is 0 Å². The number of anilines is 1. The smallest absolute Gasteiger partial charge is 0.276 e. The lowest BCUT2D eigenvalue weighted by Gasteiger charge is -2.09. The van der Waals surface area contributed by atoms with Crippen LogP contribution in [0.3, 0.4) is 0 Å². The molecule has 0 spiro atoms. The molecule has 11 nitrogen and oxygen atoms in total. The molecule has 2 aromatic carbocycles. The molecule has 36 heavy (non-hydrogen) atoms. The molecule has 0 saturated heterocycles. The average Bonchev–Trinajstić information content (AvgIpc) is 3.62. The number of benzene rings is 2. The van der Waals surface area contributed by atoms with Crippen molar-refractivity contribution >= 4 is 33.5 Å². The Morgan fingerprint density at radius 1 is 1.08 bits per heavy atom. The number of H-pyrrole nitrogens is 1. The molecule has 0 radical (unpaired) electrons. The largest absolute Gasteiger partial charge is 0.616 e. The van der Waals surface area contributed by atoms with E-state index in [0.29, 0.717) is 28.6 Å².